The van der Waals surface area contributed by atoms with Crippen molar-refractivity contribution in [3.8, 4) is 0 Å². The van der Waals surface area contributed by atoms with Crippen LogP contribution in [-0.2, 0) is 4.57 Å². The number of rotatable bonds is 3. The topological polar surface area (TPSA) is 69.1 Å². The third kappa shape index (κ3) is 3.19. The molecule has 3 nitrogen and oxygen atoms in total. The van der Waals surface area contributed by atoms with Gasteiger partial charge in [-0.2, -0.15) is 0 Å². The molecular weight excluding hydrogens is 269 g/mol. The second kappa shape index (κ2) is 6.56. The average Bonchev–Trinajstić information content (AvgIpc) is 2.37. The number of carbonyl (C=O) groups excluding carboxylic acids is 1. The lowest BCUT2D eigenvalue weighted by Gasteiger charge is -2.05. The second-order valence-corrected chi connectivity index (χ2v) is 6.22. The van der Waals surface area contributed by atoms with Crippen LogP contribution in [0.15, 0.2) is 42.5 Å². The average molecular weight is 288 g/mol. The molecule has 0 aliphatic heterocycles. The van der Waals surface area contributed by atoms with E-state index in [0.717, 1.165) is 16.7 Å². The van der Waals surface area contributed by atoms with Gasteiger partial charge in [-0.3, -0.25) is 0 Å². The van der Waals surface area contributed by atoms with Gasteiger partial charge < -0.3 is 6.15 Å². The molecule has 2 aromatic rings. The molecule has 1 atom stereocenters. The summed E-state index contributed by atoms with van der Waals surface area (Å²) < 4.78 is 12.3. The first-order valence-electron chi connectivity index (χ1n) is 6.15. The molecule has 2 aromatic carbocycles. The van der Waals surface area contributed by atoms with E-state index >= 15 is 0 Å². The first kappa shape index (κ1) is 16.2. The lowest BCUT2D eigenvalue weighted by molar-refractivity contribution is 0.107. The van der Waals surface area contributed by atoms with E-state index in [1.807, 2.05) is 39.0 Å². The molecule has 20 heavy (non-hydrogen) atoms. The number of hydrogen-bond acceptors (Lipinski definition) is 3. The monoisotopic (exact) mass is 288 g/mol. The van der Waals surface area contributed by atoms with E-state index in [9.17, 15) is 9.36 Å². The van der Waals surface area contributed by atoms with Crippen molar-refractivity contribution in [2.75, 3.05) is 0 Å². The number of hydrogen-bond donors (Lipinski definition) is 1. The van der Waals surface area contributed by atoms with Gasteiger partial charge in [0.15, 0.2) is 5.30 Å². The maximum Gasteiger partial charge on any atom is 0.458 e. The van der Waals surface area contributed by atoms with Crippen LogP contribution < -0.4 is 11.5 Å². The molecule has 0 radical (unpaired) electrons. The van der Waals surface area contributed by atoms with Crippen molar-refractivity contribution in [3.63, 3.8) is 0 Å². The molecule has 0 saturated carbocycles. The van der Waals surface area contributed by atoms with Crippen molar-refractivity contribution in [2.24, 2.45) is 0 Å². The van der Waals surface area contributed by atoms with Crippen LogP contribution in [0.1, 0.15) is 27.0 Å². The zero-order valence-electron chi connectivity index (χ0n) is 12.0. The molecule has 0 aliphatic carbocycles. The molecular formula is C16H19NO2P+. The Balaban J connectivity index is 0.00000200. The molecule has 0 saturated heterocycles. The minimum atomic E-state index is -2.04. The van der Waals surface area contributed by atoms with Crippen LogP contribution in [-0.4, -0.2) is 5.52 Å². The Morgan fingerprint density at radius 1 is 0.950 bits per heavy atom. The highest BCUT2D eigenvalue weighted by Crippen LogP contribution is 2.30. The van der Waals surface area contributed by atoms with E-state index in [-0.39, 0.29) is 11.7 Å². The van der Waals surface area contributed by atoms with Crippen LogP contribution in [0, 0.1) is 20.8 Å². The summed E-state index contributed by atoms with van der Waals surface area (Å²) in [5, 5.41) is 0.585. The van der Waals surface area contributed by atoms with Crippen LogP contribution in [0.2, 0.25) is 0 Å². The van der Waals surface area contributed by atoms with Gasteiger partial charge in [-0.25, -0.2) is 4.79 Å². The predicted octanol–water partition coefficient (Wildman–Crippen LogP) is 4.07. The highest BCUT2D eigenvalue weighted by atomic mass is 31.1. The summed E-state index contributed by atoms with van der Waals surface area (Å²) in [6.07, 6.45) is 0. The minimum Gasteiger partial charge on any atom is -0.344 e. The Bertz CT molecular complexity index is 628. The second-order valence-electron chi connectivity index (χ2n) is 4.71. The molecule has 2 rings (SSSR count). The van der Waals surface area contributed by atoms with E-state index in [4.69, 9.17) is 0 Å². The SMILES string of the molecule is Cc1cc(C)c(C(=O)[P+](=O)c2ccccc2)c(C)c1.N. The van der Waals surface area contributed by atoms with Gasteiger partial charge in [0.05, 0.1) is 5.56 Å². The van der Waals surface area contributed by atoms with Crippen LogP contribution in [0.25, 0.3) is 0 Å². The zero-order chi connectivity index (χ0) is 14.0. The molecule has 0 fully saturated rings. The molecule has 0 heterocycles. The summed E-state index contributed by atoms with van der Waals surface area (Å²) in [5.74, 6) is 0. The Labute approximate surface area is 120 Å². The summed E-state index contributed by atoms with van der Waals surface area (Å²) in [6, 6.07) is 12.8. The summed E-state index contributed by atoms with van der Waals surface area (Å²) in [4.78, 5) is 12.4. The zero-order valence-corrected chi connectivity index (χ0v) is 12.9. The maximum absolute atomic E-state index is 12.4. The van der Waals surface area contributed by atoms with Gasteiger partial charge >= 0.3 is 13.3 Å². The molecule has 0 amide bonds. The Morgan fingerprint density at radius 2 is 1.45 bits per heavy atom. The van der Waals surface area contributed by atoms with E-state index in [2.05, 4.69) is 0 Å². The molecule has 4 heteroatoms. The highest BCUT2D eigenvalue weighted by Gasteiger charge is 2.34. The molecule has 104 valence electrons. The quantitative estimate of drug-likeness (QED) is 0.866. The summed E-state index contributed by atoms with van der Waals surface area (Å²) in [7, 11) is -2.04. The van der Waals surface area contributed by atoms with Crippen molar-refractivity contribution >= 4 is 18.6 Å². The van der Waals surface area contributed by atoms with Gasteiger partial charge in [-0.15, -0.1) is 0 Å². The minimum absolute atomic E-state index is 0. The first-order chi connectivity index (χ1) is 9.00. The van der Waals surface area contributed by atoms with Gasteiger partial charge in [-0.1, -0.05) is 40.5 Å². The van der Waals surface area contributed by atoms with Gasteiger partial charge in [0.25, 0.3) is 0 Å². The Morgan fingerprint density at radius 3 is 1.95 bits per heavy atom. The molecule has 3 N–H and O–H groups in total. The van der Waals surface area contributed by atoms with Crippen LogP contribution >= 0.6 is 7.80 Å². The van der Waals surface area contributed by atoms with Crippen molar-refractivity contribution < 1.29 is 9.36 Å². The van der Waals surface area contributed by atoms with Crippen molar-refractivity contribution in [3.05, 3.63) is 64.7 Å². The number of carbonyl (C=O) groups is 1. The third-order valence-corrected chi connectivity index (χ3v) is 4.43. The first-order valence-corrected chi connectivity index (χ1v) is 7.41. The molecule has 0 aliphatic rings. The fourth-order valence-electron chi connectivity index (χ4n) is 2.30. The van der Waals surface area contributed by atoms with Gasteiger partial charge in [0.2, 0.25) is 0 Å². The van der Waals surface area contributed by atoms with E-state index < -0.39 is 7.80 Å². The van der Waals surface area contributed by atoms with Crippen molar-refractivity contribution in [1.29, 1.82) is 0 Å². The van der Waals surface area contributed by atoms with E-state index in [0.29, 0.717) is 10.9 Å². The van der Waals surface area contributed by atoms with Crippen LogP contribution in [0.5, 0.6) is 0 Å². The van der Waals surface area contributed by atoms with E-state index in [1.54, 1.807) is 24.3 Å². The van der Waals surface area contributed by atoms with Gasteiger partial charge in [0.1, 0.15) is 0 Å². The lowest BCUT2D eigenvalue weighted by Crippen LogP contribution is -2.07. The number of aryl methyl sites for hydroxylation is 3. The molecule has 0 aromatic heterocycles. The maximum atomic E-state index is 12.4. The molecule has 1 unspecified atom stereocenters. The Hall–Kier alpha value is -1.83. The third-order valence-electron chi connectivity index (χ3n) is 3.07. The number of benzene rings is 2. The van der Waals surface area contributed by atoms with Gasteiger partial charge in [0, 0.05) is 0 Å². The molecule has 0 spiro atoms. The van der Waals surface area contributed by atoms with Crippen LogP contribution in [0.4, 0.5) is 0 Å². The standard InChI is InChI=1S/C16H16O2P.H3N/c1-11-9-12(2)15(13(3)10-11)16(17)19(18)14-7-5-4-6-8-14;/h4-10H,1-3H3;1H3/q+1;. The van der Waals surface area contributed by atoms with Crippen LogP contribution in [0.3, 0.4) is 0 Å². The molecule has 0 bridgehead atoms. The summed E-state index contributed by atoms with van der Waals surface area (Å²) >= 11 is 0. The lowest BCUT2D eigenvalue weighted by atomic mass is 10.0. The summed E-state index contributed by atoms with van der Waals surface area (Å²) in [6.45, 7) is 5.77. The predicted molar refractivity (Wildman–Crippen MR) is 83.7 cm³/mol. The normalized spacial score (nSPS) is 10.7. The highest BCUT2D eigenvalue weighted by molar-refractivity contribution is 7.71. The van der Waals surface area contributed by atoms with E-state index in [1.165, 1.54) is 0 Å². The van der Waals surface area contributed by atoms with Crippen molar-refractivity contribution in [2.45, 2.75) is 20.8 Å². The van der Waals surface area contributed by atoms with Crippen molar-refractivity contribution in [1.82, 2.24) is 6.15 Å². The fourth-order valence-corrected chi connectivity index (χ4v) is 3.53. The summed E-state index contributed by atoms with van der Waals surface area (Å²) in [5.41, 5.74) is 3.21. The smallest absolute Gasteiger partial charge is 0.344 e. The fraction of sp³-hybridized carbons (Fsp3) is 0.188. The van der Waals surface area contributed by atoms with Gasteiger partial charge in [-0.05, 0) is 44.0 Å². The Kier molecular flexibility index (Phi) is 5.32. The largest absolute Gasteiger partial charge is 0.458 e.